The number of para-hydroxylation sites is 1. The van der Waals surface area contributed by atoms with Crippen LogP contribution in [-0.4, -0.2) is 30.8 Å². The molecule has 0 spiro atoms. The molecule has 1 heterocycles. The highest BCUT2D eigenvalue weighted by Crippen LogP contribution is 2.17. The summed E-state index contributed by atoms with van der Waals surface area (Å²) in [5.41, 5.74) is 0. The summed E-state index contributed by atoms with van der Waals surface area (Å²) in [4.78, 5) is 0. The van der Waals surface area contributed by atoms with Gasteiger partial charge in [-0.1, -0.05) is 18.2 Å². The van der Waals surface area contributed by atoms with Crippen LogP contribution in [0.4, 0.5) is 0 Å². The van der Waals surface area contributed by atoms with Gasteiger partial charge in [-0.15, -0.1) is 0 Å². The van der Waals surface area contributed by atoms with Crippen molar-refractivity contribution in [2.24, 2.45) is 0 Å². The van der Waals surface area contributed by atoms with Gasteiger partial charge in [-0.3, -0.25) is 0 Å². The summed E-state index contributed by atoms with van der Waals surface area (Å²) in [5.74, 6) is 3.11. The van der Waals surface area contributed by atoms with E-state index in [1.54, 1.807) is 0 Å². The molecule has 2 rings (SSSR count). The molecule has 0 bridgehead atoms. The Balaban J connectivity index is 1.51. The lowest BCUT2D eigenvalue weighted by Crippen LogP contribution is -2.21. The van der Waals surface area contributed by atoms with Gasteiger partial charge in [0.2, 0.25) is 0 Å². The van der Waals surface area contributed by atoms with Crippen molar-refractivity contribution in [3.63, 3.8) is 0 Å². The Morgan fingerprint density at radius 2 is 2.12 bits per heavy atom. The first-order chi connectivity index (χ1) is 8.45. The van der Waals surface area contributed by atoms with Gasteiger partial charge < -0.3 is 9.47 Å². The molecule has 17 heavy (non-hydrogen) atoms. The predicted octanol–water partition coefficient (Wildman–Crippen LogP) is 3.37. The Labute approximate surface area is 108 Å². The van der Waals surface area contributed by atoms with Crippen LogP contribution in [0.3, 0.4) is 0 Å². The van der Waals surface area contributed by atoms with Gasteiger partial charge in [-0.2, -0.15) is 11.8 Å². The van der Waals surface area contributed by atoms with E-state index in [1.165, 1.54) is 19.3 Å². The van der Waals surface area contributed by atoms with Gasteiger partial charge in [0.05, 0.1) is 12.7 Å². The number of ether oxygens (including phenoxy) is 2. The lowest BCUT2D eigenvalue weighted by Gasteiger charge is -2.22. The molecule has 1 aromatic carbocycles. The van der Waals surface area contributed by atoms with Crippen molar-refractivity contribution < 1.29 is 9.47 Å². The van der Waals surface area contributed by atoms with Gasteiger partial charge in [0.1, 0.15) is 5.75 Å². The largest absolute Gasteiger partial charge is 0.493 e. The maximum absolute atomic E-state index is 5.68. The molecule has 1 saturated heterocycles. The molecule has 2 nitrogen and oxygen atoms in total. The maximum Gasteiger partial charge on any atom is 0.119 e. The summed E-state index contributed by atoms with van der Waals surface area (Å²) in [7, 11) is 0. The summed E-state index contributed by atoms with van der Waals surface area (Å²) in [6.07, 6.45) is 4.27. The summed E-state index contributed by atoms with van der Waals surface area (Å²) in [6.45, 7) is 1.73. The number of thioether (sulfide) groups is 1. The molecule has 1 unspecified atom stereocenters. The molecule has 0 saturated carbocycles. The van der Waals surface area contributed by atoms with Gasteiger partial charge in [-0.25, -0.2) is 0 Å². The van der Waals surface area contributed by atoms with Crippen molar-refractivity contribution in [1.82, 2.24) is 0 Å². The Hall–Kier alpha value is -0.670. The average Bonchev–Trinajstić information content (AvgIpc) is 2.41. The van der Waals surface area contributed by atoms with Gasteiger partial charge in [-0.05, 0) is 31.4 Å². The van der Waals surface area contributed by atoms with Gasteiger partial charge in [0.15, 0.2) is 0 Å². The zero-order chi connectivity index (χ0) is 11.8. The topological polar surface area (TPSA) is 18.5 Å². The second kappa shape index (κ2) is 7.62. The molecule has 1 atom stereocenters. The molecule has 3 heteroatoms. The third kappa shape index (κ3) is 5.00. The zero-order valence-corrected chi connectivity index (χ0v) is 11.0. The molecule has 1 aliphatic rings. The first kappa shape index (κ1) is 12.8. The Bertz CT molecular complexity index is 296. The molecule has 94 valence electrons. The monoisotopic (exact) mass is 252 g/mol. The summed E-state index contributed by atoms with van der Waals surface area (Å²) in [5, 5.41) is 0. The highest BCUT2D eigenvalue weighted by molar-refractivity contribution is 7.99. The molecule has 0 radical (unpaired) electrons. The lowest BCUT2D eigenvalue weighted by atomic mass is 10.1. The first-order valence-corrected chi connectivity index (χ1v) is 7.48. The fraction of sp³-hybridized carbons (Fsp3) is 0.571. The van der Waals surface area contributed by atoms with E-state index in [9.17, 15) is 0 Å². The van der Waals surface area contributed by atoms with Crippen LogP contribution in [0.25, 0.3) is 0 Å². The second-order valence-corrected chi connectivity index (χ2v) is 5.37. The van der Waals surface area contributed by atoms with Crippen LogP contribution in [0.15, 0.2) is 30.3 Å². The van der Waals surface area contributed by atoms with Gasteiger partial charge in [0, 0.05) is 18.1 Å². The third-order valence-corrected chi connectivity index (χ3v) is 3.88. The van der Waals surface area contributed by atoms with E-state index in [1.807, 2.05) is 42.1 Å². The zero-order valence-electron chi connectivity index (χ0n) is 10.1. The number of benzene rings is 1. The van der Waals surface area contributed by atoms with Gasteiger partial charge in [0.25, 0.3) is 0 Å². The van der Waals surface area contributed by atoms with E-state index in [0.29, 0.717) is 6.10 Å². The minimum Gasteiger partial charge on any atom is -0.493 e. The quantitative estimate of drug-likeness (QED) is 0.723. The van der Waals surface area contributed by atoms with E-state index < -0.39 is 0 Å². The van der Waals surface area contributed by atoms with Crippen LogP contribution < -0.4 is 4.74 Å². The van der Waals surface area contributed by atoms with Crippen molar-refractivity contribution in [2.75, 3.05) is 24.7 Å². The second-order valence-electron chi connectivity index (χ2n) is 4.23. The van der Waals surface area contributed by atoms with E-state index in [2.05, 4.69) is 0 Å². The highest BCUT2D eigenvalue weighted by atomic mass is 32.2. The van der Waals surface area contributed by atoms with Crippen molar-refractivity contribution >= 4 is 11.8 Å². The van der Waals surface area contributed by atoms with E-state index in [-0.39, 0.29) is 0 Å². The van der Waals surface area contributed by atoms with Crippen molar-refractivity contribution in [3.05, 3.63) is 30.3 Å². The van der Waals surface area contributed by atoms with Crippen LogP contribution in [0.2, 0.25) is 0 Å². The summed E-state index contributed by atoms with van der Waals surface area (Å²) >= 11 is 1.93. The SMILES string of the molecule is c1ccc(OCCSCC2CCCCO2)cc1. The molecule has 0 N–H and O–H groups in total. The molecule has 0 amide bonds. The Kier molecular flexibility index (Phi) is 5.73. The Morgan fingerprint density at radius 1 is 1.24 bits per heavy atom. The number of hydrogen-bond donors (Lipinski definition) is 0. The fourth-order valence-electron chi connectivity index (χ4n) is 1.89. The minimum atomic E-state index is 0.477. The summed E-state index contributed by atoms with van der Waals surface area (Å²) in [6, 6.07) is 9.99. The van der Waals surface area contributed by atoms with Gasteiger partial charge >= 0.3 is 0 Å². The van der Waals surface area contributed by atoms with E-state index in [4.69, 9.17) is 9.47 Å². The van der Waals surface area contributed by atoms with Crippen LogP contribution in [0, 0.1) is 0 Å². The molecule has 0 aromatic heterocycles. The fourth-order valence-corrected chi connectivity index (χ4v) is 2.78. The molecular weight excluding hydrogens is 232 g/mol. The van der Waals surface area contributed by atoms with Crippen LogP contribution in [0.5, 0.6) is 5.75 Å². The van der Waals surface area contributed by atoms with Crippen molar-refractivity contribution in [1.29, 1.82) is 0 Å². The maximum atomic E-state index is 5.68. The molecule has 1 aromatic rings. The predicted molar refractivity (Wildman–Crippen MR) is 72.9 cm³/mol. The Morgan fingerprint density at radius 3 is 2.88 bits per heavy atom. The average molecular weight is 252 g/mol. The molecule has 1 aliphatic heterocycles. The van der Waals surface area contributed by atoms with E-state index in [0.717, 1.165) is 30.5 Å². The normalized spacial score (nSPS) is 20.1. The lowest BCUT2D eigenvalue weighted by molar-refractivity contribution is 0.0315. The number of hydrogen-bond acceptors (Lipinski definition) is 3. The molecular formula is C14H20O2S. The van der Waals surface area contributed by atoms with E-state index >= 15 is 0 Å². The summed E-state index contributed by atoms with van der Waals surface area (Å²) < 4.78 is 11.3. The minimum absolute atomic E-state index is 0.477. The smallest absolute Gasteiger partial charge is 0.119 e. The van der Waals surface area contributed by atoms with Crippen LogP contribution >= 0.6 is 11.8 Å². The number of rotatable bonds is 6. The first-order valence-electron chi connectivity index (χ1n) is 6.32. The highest BCUT2D eigenvalue weighted by Gasteiger charge is 2.13. The third-order valence-electron chi connectivity index (χ3n) is 2.82. The van der Waals surface area contributed by atoms with Crippen molar-refractivity contribution in [2.45, 2.75) is 25.4 Å². The van der Waals surface area contributed by atoms with Crippen LogP contribution in [-0.2, 0) is 4.74 Å². The molecule has 1 fully saturated rings. The van der Waals surface area contributed by atoms with Crippen molar-refractivity contribution in [3.8, 4) is 5.75 Å². The molecule has 0 aliphatic carbocycles. The van der Waals surface area contributed by atoms with Crippen LogP contribution in [0.1, 0.15) is 19.3 Å². The standard InChI is InChI=1S/C14H20O2S/c1-2-6-13(7-3-1)16-10-11-17-12-14-8-4-5-9-15-14/h1-3,6-7,14H,4-5,8-12H2.